The molecule has 0 unspecified atom stereocenters. The summed E-state index contributed by atoms with van der Waals surface area (Å²) in [6.45, 7) is 1.21. The summed E-state index contributed by atoms with van der Waals surface area (Å²) < 4.78 is 19.2. The van der Waals surface area contributed by atoms with Crippen LogP contribution in [0.15, 0.2) is 66.5 Å². The zero-order valence-corrected chi connectivity index (χ0v) is 14.6. The van der Waals surface area contributed by atoms with Gasteiger partial charge in [-0.05, 0) is 29.8 Å². The van der Waals surface area contributed by atoms with Crippen molar-refractivity contribution in [2.24, 2.45) is 0 Å². The first-order valence-corrected chi connectivity index (χ1v) is 8.28. The second-order valence-electron chi connectivity index (χ2n) is 5.83. The van der Waals surface area contributed by atoms with Gasteiger partial charge in [0.05, 0.1) is 5.52 Å². The molecule has 3 aromatic rings. The Hall–Kier alpha value is -3.54. The fourth-order valence-electron chi connectivity index (χ4n) is 2.59. The van der Waals surface area contributed by atoms with Crippen molar-refractivity contribution in [1.82, 2.24) is 10.3 Å². The average Bonchev–Trinajstić information content (AvgIpc) is 2.67. The van der Waals surface area contributed by atoms with Crippen molar-refractivity contribution < 1.29 is 18.7 Å². The van der Waals surface area contributed by atoms with E-state index in [0.29, 0.717) is 16.5 Å². The predicted octanol–water partition coefficient (Wildman–Crippen LogP) is 3.59. The molecule has 27 heavy (non-hydrogen) atoms. The Balaban J connectivity index is 1.82. The molecule has 136 valence electrons. The predicted molar refractivity (Wildman–Crippen MR) is 99.7 cm³/mol. The summed E-state index contributed by atoms with van der Waals surface area (Å²) in [6.07, 6.45) is 3.08. The van der Waals surface area contributed by atoms with E-state index in [9.17, 15) is 14.0 Å². The maximum absolute atomic E-state index is 13.9. The van der Waals surface area contributed by atoms with Gasteiger partial charge in [-0.1, -0.05) is 36.4 Å². The number of nitrogens with zero attached hydrogens (tertiary/aromatic N) is 1. The molecular weight excluding hydrogens is 347 g/mol. The molecule has 5 nitrogen and oxygen atoms in total. The fourth-order valence-corrected chi connectivity index (χ4v) is 2.59. The number of benzene rings is 2. The van der Waals surface area contributed by atoms with Crippen molar-refractivity contribution in [1.29, 1.82) is 0 Å². The monoisotopic (exact) mass is 364 g/mol. The van der Waals surface area contributed by atoms with E-state index in [2.05, 4.69) is 10.3 Å². The number of nitrogens with one attached hydrogen (secondary N) is 1. The number of esters is 1. The largest absolute Gasteiger partial charge is 0.456 e. The number of amides is 1. The molecule has 0 saturated heterocycles. The van der Waals surface area contributed by atoms with Crippen molar-refractivity contribution >= 4 is 28.9 Å². The molecule has 0 atom stereocenters. The van der Waals surface area contributed by atoms with Gasteiger partial charge >= 0.3 is 5.97 Å². The second kappa shape index (κ2) is 8.23. The van der Waals surface area contributed by atoms with Gasteiger partial charge in [0.25, 0.3) is 0 Å². The van der Waals surface area contributed by atoms with Gasteiger partial charge in [-0.3, -0.25) is 9.78 Å². The van der Waals surface area contributed by atoms with E-state index in [0.717, 1.165) is 5.56 Å². The van der Waals surface area contributed by atoms with E-state index in [4.69, 9.17) is 4.74 Å². The molecule has 2 aromatic carbocycles. The van der Waals surface area contributed by atoms with Crippen molar-refractivity contribution in [3.8, 4) is 0 Å². The number of halogens is 1. The maximum atomic E-state index is 13.9. The molecule has 0 fully saturated rings. The fraction of sp³-hybridized carbons (Fsp3) is 0.0952. The molecule has 1 aromatic heterocycles. The number of carbonyl (C=O) groups is 2. The lowest BCUT2D eigenvalue weighted by molar-refractivity contribution is -0.141. The van der Waals surface area contributed by atoms with E-state index < -0.39 is 11.8 Å². The summed E-state index contributed by atoms with van der Waals surface area (Å²) in [5.41, 5.74) is 1.76. The minimum Gasteiger partial charge on any atom is -0.456 e. The highest BCUT2D eigenvalue weighted by Crippen LogP contribution is 2.20. The second-order valence-corrected chi connectivity index (χ2v) is 5.83. The molecule has 0 aliphatic heterocycles. The standard InChI is InChI=1S/C21H17FN2O3/c1-14(25)24-19(12-15-6-3-2-4-7-15)21(26)27-13-16-9-10-18(22)17-8-5-11-23-20(16)17/h2-12H,13H2,1H3,(H,24,25). The van der Waals surface area contributed by atoms with Crippen LogP contribution < -0.4 is 5.32 Å². The normalized spacial score (nSPS) is 11.3. The number of ether oxygens (including phenoxy) is 1. The lowest BCUT2D eigenvalue weighted by Crippen LogP contribution is -2.26. The Morgan fingerprint density at radius 3 is 2.63 bits per heavy atom. The summed E-state index contributed by atoms with van der Waals surface area (Å²) in [5.74, 6) is -1.47. The Labute approximate surface area is 155 Å². The van der Waals surface area contributed by atoms with E-state index in [1.54, 1.807) is 30.5 Å². The first-order valence-electron chi connectivity index (χ1n) is 8.28. The molecule has 0 saturated carbocycles. The number of carbonyl (C=O) groups excluding carboxylic acids is 2. The van der Waals surface area contributed by atoms with Gasteiger partial charge in [-0.15, -0.1) is 0 Å². The number of fused-ring (bicyclic) bond motifs is 1. The molecule has 1 amide bonds. The summed E-state index contributed by atoms with van der Waals surface area (Å²) in [6, 6.07) is 15.2. The molecule has 0 bridgehead atoms. The highest BCUT2D eigenvalue weighted by atomic mass is 19.1. The highest BCUT2D eigenvalue weighted by molar-refractivity contribution is 5.97. The zero-order chi connectivity index (χ0) is 19.2. The lowest BCUT2D eigenvalue weighted by atomic mass is 10.1. The first kappa shape index (κ1) is 18.3. The van der Waals surface area contributed by atoms with Gasteiger partial charge in [0.1, 0.15) is 18.1 Å². The van der Waals surface area contributed by atoms with Crippen LogP contribution in [0.5, 0.6) is 0 Å². The molecule has 0 spiro atoms. The van der Waals surface area contributed by atoms with Gasteiger partial charge in [0.15, 0.2) is 0 Å². The third-order valence-electron chi connectivity index (χ3n) is 3.80. The maximum Gasteiger partial charge on any atom is 0.355 e. The van der Waals surface area contributed by atoms with Crippen LogP contribution in [0.1, 0.15) is 18.1 Å². The van der Waals surface area contributed by atoms with Crippen LogP contribution in [-0.2, 0) is 20.9 Å². The van der Waals surface area contributed by atoms with Gasteiger partial charge in [0, 0.05) is 24.1 Å². The quantitative estimate of drug-likeness (QED) is 0.555. The molecule has 0 radical (unpaired) electrons. The Morgan fingerprint density at radius 1 is 1.11 bits per heavy atom. The Morgan fingerprint density at radius 2 is 1.89 bits per heavy atom. The van der Waals surface area contributed by atoms with Crippen LogP contribution in [0.25, 0.3) is 17.0 Å². The van der Waals surface area contributed by atoms with Crippen LogP contribution in [0.3, 0.4) is 0 Å². The van der Waals surface area contributed by atoms with E-state index in [1.165, 1.54) is 25.1 Å². The summed E-state index contributed by atoms with van der Waals surface area (Å²) in [7, 11) is 0. The van der Waals surface area contributed by atoms with E-state index in [1.807, 2.05) is 18.2 Å². The minimum absolute atomic E-state index is 0.0214. The Bertz CT molecular complexity index is 1020. The Kier molecular flexibility index (Phi) is 5.56. The minimum atomic E-state index is -0.692. The first-order chi connectivity index (χ1) is 13.0. The van der Waals surface area contributed by atoms with E-state index in [-0.39, 0.29) is 18.2 Å². The summed E-state index contributed by atoms with van der Waals surface area (Å²) in [5, 5.41) is 2.84. The van der Waals surface area contributed by atoms with Gasteiger partial charge < -0.3 is 10.1 Å². The van der Waals surface area contributed by atoms with Crippen LogP contribution in [0.2, 0.25) is 0 Å². The van der Waals surface area contributed by atoms with Gasteiger partial charge in [0.2, 0.25) is 5.91 Å². The number of hydrogen-bond donors (Lipinski definition) is 1. The van der Waals surface area contributed by atoms with Crippen molar-refractivity contribution in [2.45, 2.75) is 13.5 Å². The molecule has 0 aliphatic carbocycles. The molecule has 0 aliphatic rings. The number of pyridine rings is 1. The SMILES string of the molecule is CC(=O)NC(=Cc1ccccc1)C(=O)OCc1ccc(F)c2cccnc12. The number of aromatic nitrogens is 1. The smallest absolute Gasteiger partial charge is 0.355 e. The average molecular weight is 364 g/mol. The molecule has 3 rings (SSSR count). The summed E-state index contributed by atoms with van der Waals surface area (Å²) in [4.78, 5) is 28.0. The molecule has 1 N–H and O–H groups in total. The van der Waals surface area contributed by atoms with Crippen molar-refractivity contribution in [3.05, 3.63) is 83.4 Å². The topological polar surface area (TPSA) is 68.3 Å². The van der Waals surface area contributed by atoms with Gasteiger partial charge in [-0.25, -0.2) is 9.18 Å². The number of rotatable bonds is 5. The zero-order valence-electron chi connectivity index (χ0n) is 14.6. The third-order valence-corrected chi connectivity index (χ3v) is 3.80. The van der Waals surface area contributed by atoms with Crippen LogP contribution in [0, 0.1) is 5.82 Å². The number of hydrogen-bond acceptors (Lipinski definition) is 4. The molecular formula is C21H17FN2O3. The molecule has 6 heteroatoms. The molecule has 1 heterocycles. The van der Waals surface area contributed by atoms with Crippen LogP contribution in [0.4, 0.5) is 4.39 Å². The third kappa shape index (κ3) is 4.55. The highest BCUT2D eigenvalue weighted by Gasteiger charge is 2.15. The van der Waals surface area contributed by atoms with Crippen LogP contribution >= 0.6 is 0 Å². The summed E-state index contributed by atoms with van der Waals surface area (Å²) >= 11 is 0. The van der Waals surface area contributed by atoms with Crippen molar-refractivity contribution in [3.63, 3.8) is 0 Å². The van der Waals surface area contributed by atoms with E-state index >= 15 is 0 Å². The van der Waals surface area contributed by atoms with Crippen LogP contribution in [-0.4, -0.2) is 16.9 Å². The van der Waals surface area contributed by atoms with Crippen molar-refractivity contribution in [2.75, 3.05) is 0 Å². The lowest BCUT2D eigenvalue weighted by Gasteiger charge is -2.11. The van der Waals surface area contributed by atoms with Gasteiger partial charge in [-0.2, -0.15) is 0 Å².